The molecule has 0 fully saturated rings. The highest BCUT2D eigenvalue weighted by atomic mass is 79.9. The Morgan fingerprint density at radius 3 is 2.00 bits per heavy atom. The van der Waals surface area contributed by atoms with E-state index >= 15 is 0 Å². The van der Waals surface area contributed by atoms with E-state index in [1.165, 1.54) is 0 Å². The summed E-state index contributed by atoms with van der Waals surface area (Å²) in [4.78, 5) is 0. The second kappa shape index (κ2) is 7.04. The molecule has 2 aromatic carbocycles. The lowest BCUT2D eigenvalue weighted by atomic mass is 10.0. The third-order valence-electron chi connectivity index (χ3n) is 3.14. The van der Waals surface area contributed by atoms with Gasteiger partial charge in [0.25, 0.3) is 0 Å². The van der Waals surface area contributed by atoms with E-state index in [1.807, 2.05) is 60.7 Å². The summed E-state index contributed by atoms with van der Waals surface area (Å²) in [6.07, 6.45) is 0. The first-order valence-corrected chi connectivity index (χ1v) is 9.40. The predicted molar refractivity (Wildman–Crippen MR) is 86.9 cm³/mol. The quantitative estimate of drug-likeness (QED) is 0.741. The fraction of sp³-hybridized carbons (Fsp3) is 0.250. The largest absolute Gasteiger partial charge is 0.228 e. The number of halogens is 1. The monoisotopic (exact) mass is 352 g/mol. The molecule has 0 aliphatic rings. The van der Waals surface area contributed by atoms with Crippen LogP contribution >= 0.6 is 15.9 Å². The lowest BCUT2D eigenvalue weighted by molar-refractivity contribution is 0.590. The number of alkyl halides is 1. The van der Waals surface area contributed by atoms with E-state index in [0.29, 0.717) is 5.33 Å². The Balaban J connectivity index is 2.11. The first-order chi connectivity index (χ1) is 9.61. The van der Waals surface area contributed by atoms with Crippen LogP contribution in [-0.4, -0.2) is 19.5 Å². The van der Waals surface area contributed by atoms with Gasteiger partial charge in [0, 0.05) is 11.2 Å². The number of rotatable bonds is 6. The summed E-state index contributed by atoms with van der Waals surface area (Å²) in [6.45, 7) is 0. The van der Waals surface area contributed by atoms with Crippen molar-refractivity contribution in [1.82, 2.24) is 0 Å². The zero-order chi connectivity index (χ0) is 14.4. The molecule has 0 radical (unpaired) electrons. The van der Waals surface area contributed by atoms with Gasteiger partial charge in [-0.3, -0.25) is 0 Å². The fourth-order valence-electron chi connectivity index (χ4n) is 2.15. The van der Waals surface area contributed by atoms with Gasteiger partial charge in [0.05, 0.1) is 11.5 Å². The van der Waals surface area contributed by atoms with E-state index in [4.69, 9.17) is 0 Å². The summed E-state index contributed by atoms with van der Waals surface area (Å²) in [5.74, 6) is 0.256. The molecule has 0 bridgehead atoms. The molecule has 0 saturated heterocycles. The lowest BCUT2D eigenvalue weighted by Gasteiger charge is -2.15. The molecule has 2 rings (SSSR count). The van der Waals surface area contributed by atoms with Crippen LogP contribution in [0.4, 0.5) is 0 Å². The highest BCUT2D eigenvalue weighted by molar-refractivity contribution is 9.09. The van der Waals surface area contributed by atoms with Crippen molar-refractivity contribution in [3.8, 4) is 0 Å². The number of hydrogen-bond acceptors (Lipinski definition) is 2. The Morgan fingerprint density at radius 1 is 0.900 bits per heavy atom. The van der Waals surface area contributed by atoms with Gasteiger partial charge >= 0.3 is 0 Å². The Kier molecular flexibility index (Phi) is 5.38. The second-order valence-corrected chi connectivity index (χ2v) is 7.56. The molecule has 2 nitrogen and oxygen atoms in total. The second-order valence-electron chi connectivity index (χ2n) is 4.80. The highest BCUT2D eigenvalue weighted by Crippen LogP contribution is 2.21. The van der Waals surface area contributed by atoms with Gasteiger partial charge in [-0.15, -0.1) is 0 Å². The minimum atomic E-state index is -3.12. The van der Waals surface area contributed by atoms with Crippen LogP contribution in [-0.2, 0) is 15.6 Å². The van der Waals surface area contributed by atoms with Crippen LogP contribution in [0.3, 0.4) is 0 Å². The first kappa shape index (κ1) is 15.3. The van der Waals surface area contributed by atoms with Crippen LogP contribution in [0, 0.1) is 0 Å². The molecule has 106 valence electrons. The SMILES string of the molecule is O=S(=O)(Cc1ccccc1)CC(CBr)c1ccccc1. The lowest BCUT2D eigenvalue weighted by Crippen LogP contribution is -2.17. The summed E-state index contributed by atoms with van der Waals surface area (Å²) < 4.78 is 24.6. The standard InChI is InChI=1S/C16H17BrO2S/c17-11-16(15-9-5-2-6-10-15)13-20(18,19)12-14-7-3-1-4-8-14/h1-10,16H,11-13H2. The summed E-state index contributed by atoms with van der Waals surface area (Å²) in [5.41, 5.74) is 1.90. The molecule has 0 spiro atoms. The summed E-state index contributed by atoms with van der Waals surface area (Å²) in [7, 11) is -3.12. The minimum Gasteiger partial charge on any atom is -0.228 e. The summed E-state index contributed by atoms with van der Waals surface area (Å²) >= 11 is 3.43. The van der Waals surface area contributed by atoms with Gasteiger partial charge in [0.2, 0.25) is 0 Å². The summed E-state index contributed by atoms with van der Waals surface area (Å²) in [6, 6.07) is 19.1. The van der Waals surface area contributed by atoms with Crippen LogP contribution in [0.2, 0.25) is 0 Å². The van der Waals surface area contributed by atoms with Crippen molar-refractivity contribution in [2.75, 3.05) is 11.1 Å². The van der Waals surface area contributed by atoms with E-state index in [9.17, 15) is 8.42 Å². The van der Waals surface area contributed by atoms with Crippen molar-refractivity contribution in [2.45, 2.75) is 11.7 Å². The van der Waals surface area contributed by atoms with Gasteiger partial charge in [-0.25, -0.2) is 8.42 Å². The van der Waals surface area contributed by atoms with E-state index in [-0.39, 0.29) is 17.4 Å². The van der Waals surface area contributed by atoms with Crippen LogP contribution in [0.25, 0.3) is 0 Å². The Morgan fingerprint density at radius 2 is 1.45 bits per heavy atom. The third kappa shape index (κ3) is 4.46. The van der Waals surface area contributed by atoms with Crippen molar-refractivity contribution < 1.29 is 8.42 Å². The number of hydrogen-bond donors (Lipinski definition) is 0. The molecule has 0 heterocycles. The predicted octanol–water partition coefficient (Wildman–Crippen LogP) is 3.78. The summed E-state index contributed by atoms with van der Waals surface area (Å²) in [5, 5.41) is 0.644. The van der Waals surface area contributed by atoms with Crippen LogP contribution in [0.15, 0.2) is 60.7 Å². The van der Waals surface area contributed by atoms with Gasteiger partial charge in [0.1, 0.15) is 0 Å². The molecule has 0 aromatic heterocycles. The van der Waals surface area contributed by atoms with Gasteiger partial charge in [-0.05, 0) is 11.1 Å². The van der Waals surface area contributed by atoms with Crippen LogP contribution in [0.1, 0.15) is 17.0 Å². The van der Waals surface area contributed by atoms with Gasteiger partial charge in [0.15, 0.2) is 9.84 Å². The van der Waals surface area contributed by atoms with Crippen molar-refractivity contribution in [3.05, 3.63) is 71.8 Å². The van der Waals surface area contributed by atoms with Gasteiger partial charge in [-0.1, -0.05) is 76.6 Å². The molecule has 0 amide bonds. The van der Waals surface area contributed by atoms with Crippen LogP contribution in [0.5, 0.6) is 0 Å². The molecular formula is C16H17BrO2S. The normalized spacial score (nSPS) is 13.1. The molecule has 0 saturated carbocycles. The van der Waals surface area contributed by atoms with Gasteiger partial charge in [-0.2, -0.15) is 0 Å². The molecule has 4 heteroatoms. The molecule has 20 heavy (non-hydrogen) atoms. The number of benzene rings is 2. The zero-order valence-electron chi connectivity index (χ0n) is 11.1. The molecule has 1 atom stereocenters. The third-order valence-corrected chi connectivity index (χ3v) is 5.61. The molecule has 0 aliphatic carbocycles. The molecule has 0 N–H and O–H groups in total. The smallest absolute Gasteiger partial charge is 0.155 e. The van der Waals surface area contributed by atoms with Crippen LogP contribution < -0.4 is 0 Å². The van der Waals surface area contributed by atoms with E-state index in [0.717, 1.165) is 11.1 Å². The van der Waals surface area contributed by atoms with Crippen molar-refractivity contribution in [2.24, 2.45) is 0 Å². The van der Waals surface area contributed by atoms with E-state index in [1.54, 1.807) is 0 Å². The highest BCUT2D eigenvalue weighted by Gasteiger charge is 2.20. The fourth-order valence-corrected chi connectivity index (χ4v) is 4.80. The maximum Gasteiger partial charge on any atom is 0.155 e. The minimum absolute atomic E-state index is 0.00934. The Bertz CT molecular complexity index is 624. The van der Waals surface area contributed by atoms with Crippen molar-refractivity contribution >= 4 is 25.8 Å². The number of sulfone groups is 1. The maximum atomic E-state index is 12.3. The average molecular weight is 353 g/mol. The molecular weight excluding hydrogens is 336 g/mol. The molecule has 1 unspecified atom stereocenters. The first-order valence-electron chi connectivity index (χ1n) is 6.46. The Labute approximate surface area is 128 Å². The Hall–Kier alpha value is -1.13. The van der Waals surface area contributed by atoms with Crippen molar-refractivity contribution in [3.63, 3.8) is 0 Å². The maximum absolute atomic E-state index is 12.3. The van der Waals surface area contributed by atoms with E-state index < -0.39 is 9.84 Å². The molecule has 0 aliphatic heterocycles. The molecule has 2 aromatic rings. The topological polar surface area (TPSA) is 34.1 Å². The average Bonchev–Trinajstić information content (AvgIpc) is 2.46. The van der Waals surface area contributed by atoms with E-state index in [2.05, 4.69) is 15.9 Å². The van der Waals surface area contributed by atoms with Gasteiger partial charge < -0.3 is 0 Å². The van der Waals surface area contributed by atoms with Crippen molar-refractivity contribution in [1.29, 1.82) is 0 Å². The zero-order valence-corrected chi connectivity index (χ0v) is 13.5.